The van der Waals surface area contributed by atoms with Gasteiger partial charge in [-0.3, -0.25) is 4.79 Å². The van der Waals surface area contributed by atoms with Crippen LogP contribution < -0.4 is 0 Å². The highest BCUT2D eigenvalue weighted by Gasteiger charge is 2.15. The molecule has 0 saturated heterocycles. The van der Waals surface area contributed by atoms with Gasteiger partial charge in [-0.05, 0) is 19.1 Å². The zero-order valence-electron chi connectivity index (χ0n) is 10.4. The molecule has 0 aliphatic rings. The number of furan rings is 1. The number of aliphatic hydroxyl groups is 1. The fraction of sp³-hybridized carbons (Fsp3) is 0.583. The Kier molecular flexibility index (Phi) is 5.58. The van der Waals surface area contributed by atoms with Crippen LogP contribution in [0.4, 0.5) is 0 Å². The van der Waals surface area contributed by atoms with Gasteiger partial charge in [-0.15, -0.1) is 11.8 Å². The number of carbonyl (C=O) groups is 1. The van der Waals surface area contributed by atoms with E-state index in [4.69, 9.17) is 4.42 Å². The fourth-order valence-electron chi connectivity index (χ4n) is 1.18. The topological polar surface area (TPSA) is 53.7 Å². The van der Waals surface area contributed by atoms with Crippen LogP contribution >= 0.6 is 11.8 Å². The van der Waals surface area contributed by atoms with Gasteiger partial charge in [0.2, 0.25) is 5.91 Å². The summed E-state index contributed by atoms with van der Waals surface area (Å²) < 4.78 is 5.18. The van der Waals surface area contributed by atoms with E-state index in [-0.39, 0.29) is 11.2 Å². The van der Waals surface area contributed by atoms with Gasteiger partial charge in [-0.2, -0.15) is 0 Å². The van der Waals surface area contributed by atoms with Crippen molar-refractivity contribution in [1.29, 1.82) is 0 Å². The second-order valence-corrected chi connectivity index (χ2v) is 5.45. The third-order valence-electron chi connectivity index (χ3n) is 2.55. The van der Waals surface area contributed by atoms with Gasteiger partial charge in [-0.25, -0.2) is 0 Å². The van der Waals surface area contributed by atoms with Crippen LogP contribution in [0.25, 0.3) is 0 Å². The van der Waals surface area contributed by atoms with Gasteiger partial charge >= 0.3 is 0 Å². The molecule has 0 fully saturated rings. The molecule has 1 N–H and O–H groups in total. The minimum atomic E-state index is -0.400. The summed E-state index contributed by atoms with van der Waals surface area (Å²) in [5, 5.41) is 9.38. The van der Waals surface area contributed by atoms with Gasteiger partial charge in [-0.1, -0.05) is 6.92 Å². The molecule has 1 aromatic heterocycles. The normalized spacial score (nSPS) is 14.4. The number of hydrogen-bond donors (Lipinski definition) is 1. The van der Waals surface area contributed by atoms with Crippen LogP contribution in [0.3, 0.4) is 0 Å². The second kappa shape index (κ2) is 6.71. The maximum absolute atomic E-state index is 11.8. The Morgan fingerprint density at radius 3 is 2.82 bits per heavy atom. The van der Waals surface area contributed by atoms with Crippen molar-refractivity contribution < 1.29 is 14.3 Å². The highest BCUT2D eigenvalue weighted by molar-refractivity contribution is 8.00. The molecule has 0 spiro atoms. The lowest BCUT2D eigenvalue weighted by molar-refractivity contribution is -0.127. The molecule has 96 valence electrons. The molecule has 4 nitrogen and oxygen atoms in total. The molecule has 0 aromatic carbocycles. The van der Waals surface area contributed by atoms with E-state index in [9.17, 15) is 9.90 Å². The molecule has 5 heteroatoms. The first-order valence-corrected chi connectivity index (χ1v) is 6.61. The minimum absolute atomic E-state index is 0.0406. The molecule has 0 aliphatic heterocycles. The van der Waals surface area contributed by atoms with Crippen molar-refractivity contribution in [2.24, 2.45) is 0 Å². The van der Waals surface area contributed by atoms with E-state index in [1.54, 1.807) is 31.2 Å². The molecule has 1 rings (SSSR count). The van der Waals surface area contributed by atoms with Gasteiger partial charge < -0.3 is 14.4 Å². The zero-order valence-corrected chi connectivity index (χ0v) is 11.2. The largest absolute Gasteiger partial charge is 0.467 e. The number of amides is 1. The van der Waals surface area contributed by atoms with Gasteiger partial charge in [0, 0.05) is 12.3 Å². The van der Waals surface area contributed by atoms with Gasteiger partial charge in [0.25, 0.3) is 0 Å². The second-order valence-electron chi connectivity index (χ2n) is 4.09. The Bertz CT molecular complexity index is 338. The van der Waals surface area contributed by atoms with Crippen molar-refractivity contribution in [3.8, 4) is 0 Å². The maximum Gasteiger partial charge on any atom is 0.232 e. The molecule has 0 radical (unpaired) electrons. The van der Waals surface area contributed by atoms with Crippen molar-refractivity contribution in [3.05, 3.63) is 24.2 Å². The lowest BCUT2D eigenvalue weighted by Gasteiger charge is -2.18. The third kappa shape index (κ3) is 4.83. The average molecular weight is 257 g/mol. The fourth-order valence-corrected chi connectivity index (χ4v) is 2.08. The molecule has 1 aromatic rings. The molecular formula is C12H19NO3S. The Morgan fingerprint density at radius 2 is 2.29 bits per heavy atom. The summed E-state index contributed by atoms with van der Waals surface area (Å²) in [5.41, 5.74) is 0. The molecular weight excluding hydrogens is 238 g/mol. The van der Waals surface area contributed by atoms with Crippen molar-refractivity contribution in [2.75, 3.05) is 12.8 Å². The van der Waals surface area contributed by atoms with Gasteiger partial charge in [0.1, 0.15) is 5.76 Å². The SMILES string of the molecule is C[C@H](O)[C@@H](C)SCC(=O)N(C)Cc1ccco1. The van der Waals surface area contributed by atoms with E-state index in [2.05, 4.69) is 0 Å². The van der Waals surface area contributed by atoms with E-state index in [0.29, 0.717) is 12.3 Å². The van der Waals surface area contributed by atoms with Gasteiger partial charge in [0.15, 0.2) is 0 Å². The van der Waals surface area contributed by atoms with Crippen molar-refractivity contribution in [1.82, 2.24) is 4.90 Å². The standard InChI is InChI=1S/C12H19NO3S/c1-9(14)10(2)17-8-12(15)13(3)7-11-5-4-6-16-11/h4-6,9-10,14H,7-8H2,1-3H3/t9-,10+/m0/s1. The molecule has 2 atom stereocenters. The summed E-state index contributed by atoms with van der Waals surface area (Å²) in [5.74, 6) is 1.19. The van der Waals surface area contributed by atoms with E-state index in [1.165, 1.54) is 11.8 Å². The Hall–Kier alpha value is -0.940. The molecule has 1 amide bonds. The van der Waals surface area contributed by atoms with Crippen molar-refractivity contribution in [3.63, 3.8) is 0 Å². The Morgan fingerprint density at radius 1 is 1.59 bits per heavy atom. The first-order chi connectivity index (χ1) is 8.00. The number of thioether (sulfide) groups is 1. The van der Waals surface area contributed by atoms with Crippen LogP contribution in [0, 0.1) is 0 Å². The van der Waals surface area contributed by atoms with Gasteiger partial charge in [0.05, 0.1) is 24.7 Å². The Labute approximate surface area is 106 Å². The summed E-state index contributed by atoms with van der Waals surface area (Å²) in [7, 11) is 1.75. The van der Waals surface area contributed by atoms with Crippen LogP contribution in [0.15, 0.2) is 22.8 Å². The van der Waals surface area contributed by atoms with E-state index >= 15 is 0 Å². The number of rotatable bonds is 6. The predicted molar refractivity (Wildman–Crippen MR) is 68.8 cm³/mol. The van der Waals surface area contributed by atoms with Crippen LogP contribution in [-0.4, -0.2) is 40.1 Å². The maximum atomic E-state index is 11.8. The highest BCUT2D eigenvalue weighted by atomic mass is 32.2. The first-order valence-electron chi connectivity index (χ1n) is 5.56. The smallest absolute Gasteiger partial charge is 0.232 e. The molecule has 0 saturated carbocycles. The van der Waals surface area contributed by atoms with Crippen LogP contribution in [0.5, 0.6) is 0 Å². The summed E-state index contributed by atoms with van der Waals surface area (Å²) in [4.78, 5) is 13.4. The van der Waals surface area contributed by atoms with Crippen molar-refractivity contribution in [2.45, 2.75) is 31.7 Å². The third-order valence-corrected chi connectivity index (χ3v) is 3.88. The molecule has 1 heterocycles. The van der Waals surface area contributed by atoms with E-state index in [1.807, 2.05) is 13.0 Å². The lowest BCUT2D eigenvalue weighted by Crippen LogP contribution is -2.29. The summed E-state index contributed by atoms with van der Waals surface area (Å²) >= 11 is 1.46. The quantitative estimate of drug-likeness (QED) is 0.843. The van der Waals surface area contributed by atoms with Crippen LogP contribution in [-0.2, 0) is 11.3 Å². The van der Waals surface area contributed by atoms with E-state index in [0.717, 1.165) is 5.76 Å². The van der Waals surface area contributed by atoms with Crippen LogP contribution in [0.2, 0.25) is 0 Å². The first kappa shape index (κ1) is 14.1. The monoisotopic (exact) mass is 257 g/mol. The molecule has 0 bridgehead atoms. The highest BCUT2D eigenvalue weighted by Crippen LogP contribution is 2.15. The summed E-state index contributed by atoms with van der Waals surface area (Å²) in [6.07, 6.45) is 1.20. The van der Waals surface area contributed by atoms with E-state index < -0.39 is 6.10 Å². The summed E-state index contributed by atoms with van der Waals surface area (Å²) in [6, 6.07) is 3.65. The molecule has 17 heavy (non-hydrogen) atoms. The predicted octanol–water partition coefficient (Wildman–Crippen LogP) is 1.74. The number of hydrogen-bond acceptors (Lipinski definition) is 4. The number of nitrogens with zero attached hydrogens (tertiary/aromatic N) is 1. The number of carbonyl (C=O) groups excluding carboxylic acids is 1. The summed E-state index contributed by atoms with van der Waals surface area (Å²) in [6.45, 7) is 4.12. The zero-order chi connectivity index (χ0) is 12.8. The molecule has 0 aliphatic carbocycles. The van der Waals surface area contributed by atoms with Crippen molar-refractivity contribution >= 4 is 17.7 Å². The van der Waals surface area contributed by atoms with Crippen LogP contribution in [0.1, 0.15) is 19.6 Å². The molecule has 0 unspecified atom stereocenters. The average Bonchev–Trinajstić information content (AvgIpc) is 2.77. The lowest BCUT2D eigenvalue weighted by atomic mass is 10.3. The Balaban J connectivity index is 2.32. The number of aliphatic hydroxyl groups excluding tert-OH is 1. The minimum Gasteiger partial charge on any atom is -0.467 e.